The third-order valence-corrected chi connectivity index (χ3v) is 6.92. The number of sulfonamides is 1. The molecule has 1 fully saturated rings. The average Bonchev–Trinajstić information content (AvgIpc) is 2.82. The van der Waals surface area contributed by atoms with Crippen molar-refractivity contribution in [3.8, 4) is 0 Å². The fraction of sp³-hybridized carbons (Fsp3) is 0.200. The first kappa shape index (κ1) is 24.5. The molecule has 0 spiro atoms. The number of ether oxygens (including phenoxy) is 1. The van der Waals surface area contributed by atoms with E-state index >= 15 is 0 Å². The molecule has 35 heavy (non-hydrogen) atoms. The molecule has 0 bridgehead atoms. The molecule has 3 aromatic carbocycles. The number of halogens is 1. The molecule has 0 saturated carbocycles. The first-order chi connectivity index (χ1) is 16.8. The van der Waals surface area contributed by atoms with Crippen LogP contribution in [-0.4, -0.2) is 45.5 Å². The molecule has 0 radical (unpaired) electrons. The number of anilines is 1. The standard InChI is InChI=1S/C25H24FN3O5S/c26-19-8-4-7-18(14-19)24(30)28-23(13-17-5-2-1-3-6-17)25(31)27-20-9-11-22(12-10-20)35(32,33)29-21-15-34-16-21/h1-12,14,21,23,29H,13,15-16H2,(H,27,31)(H,28,30). The number of nitrogens with one attached hydrogen (secondary N) is 3. The van der Waals surface area contributed by atoms with E-state index in [4.69, 9.17) is 4.74 Å². The van der Waals surface area contributed by atoms with E-state index < -0.39 is 33.7 Å². The normalized spacial score (nSPS) is 14.5. The van der Waals surface area contributed by atoms with Crippen molar-refractivity contribution in [1.29, 1.82) is 0 Å². The van der Waals surface area contributed by atoms with E-state index in [0.717, 1.165) is 11.6 Å². The van der Waals surface area contributed by atoms with Gasteiger partial charge in [0.15, 0.2) is 0 Å². The minimum absolute atomic E-state index is 0.0580. The van der Waals surface area contributed by atoms with E-state index in [1.807, 2.05) is 30.3 Å². The molecule has 4 rings (SSSR count). The molecule has 0 aromatic heterocycles. The van der Waals surface area contributed by atoms with E-state index in [1.54, 1.807) is 0 Å². The predicted octanol–water partition coefficient (Wildman–Crippen LogP) is 2.48. The molecular weight excluding hydrogens is 473 g/mol. The van der Waals surface area contributed by atoms with Gasteiger partial charge in [-0.2, -0.15) is 0 Å². The van der Waals surface area contributed by atoms with Crippen LogP contribution in [0.25, 0.3) is 0 Å². The van der Waals surface area contributed by atoms with Gasteiger partial charge in [-0.3, -0.25) is 9.59 Å². The van der Waals surface area contributed by atoms with Gasteiger partial charge in [0.1, 0.15) is 11.9 Å². The Bertz CT molecular complexity index is 1300. The fourth-order valence-electron chi connectivity index (χ4n) is 3.47. The van der Waals surface area contributed by atoms with Gasteiger partial charge in [0.2, 0.25) is 15.9 Å². The third-order valence-electron chi connectivity index (χ3n) is 5.38. The lowest BCUT2D eigenvalue weighted by molar-refractivity contribution is -0.118. The summed E-state index contributed by atoms with van der Waals surface area (Å²) in [6.07, 6.45) is 0.202. The second-order valence-corrected chi connectivity index (χ2v) is 9.81. The summed E-state index contributed by atoms with van der Waals surface area (Å²) in [5, 5.41) is 5.37. The summed E-state index contributed by atoms with van der Waals surface area (Å²) in [6.45, 7) is 0.662. The molecule has 1 unspecified atom stereocenters. The van der Waals surface area contributed by atoms with Crippen LogP contribution in [0.4, 0.5) is 10.1 Å². The van der Waals surface area contributed by atoms with Crippen LogP contribution in [-0.2, 0) is 26.0 Å². The highest BCUT2D eigenvalue weighted by atomic mass is 32.2. The molecule has 0 aliphatic carbocycles. The van der Waals surface area contributed by atoms with Crippen molar-refractivity contribution in [1.82, 2.24) is 10.0 Å². The predicted molar refractivity (Wildman–Crippen MR) is 128 cm³/mol. The van der Waals surface area contributed by atoms with Crippen LogP contribution in [0.1, 0.15) is 15.9 Å². The van der Waals surface area contributed by atoms with Gasteiger partial charge in [-0.25, -0.2) is 17.5 Å². The lowest BCUT2D eigenvalue weighted by Crippen LogP contribution is -2.48. The highest BCUT2D eigenvalue weighted by Gasteiger charge is 2.26. The minimum atomic E-state index is -3.70. The van der Waals surface area contributed by atoms with Crippen molar-refractivity contribution >= 4 is 27.5 Å². The maximum absolute atomic E-state index is 13.6. The average molecular weight is 498 g/mol. The van der Waals surface area contributed by atoms with Crippen LogP contribution in [0, 0.1) is 5.82 Å². The maximum atomic E-state index is 13.6. The minimum Gasteiger partial charge on any atom is -0.378 e. The number of amides is 2. The zero-order chi connectivity index (χ0) is 24.8. The molecule has 182 valence electrons. The fourth-order valence-corrected chi connectivity index (χ4v) is 4.67. The molecule has 1 saturated heterocycles. The van der Waals surface area contributed by atoms with Gasteiger partial charge < -0.3 is 15.4 Å². The maximum Gasteiger partial charge on any atom is 0.252 e. The number of rotatable bonds is 9. The molecule has 10 heteroatoms. The third kappa shape index (κ3) is 6.50. The van der Waals surface area contributed by atoms with Gasteiger partial charge in [0.25, 0.3) is 5.91 Å². The lowest BCUT2D eigenvalue weighted by atomic mass is 10.0. The molecule has 1 atom stereocenters. The number of benzene rings is 3. The Balaban J connectivity index is 1.47. The van der Waals surface area contributed by atoms with Crippen molar-refractivity contribution in [3.05, 3.63) is 95.8 Å². The Kier molecular flexibility index (Phi) is 7.54. The van der Waals surface area contributed by atoms with E-state index in [9.17, 15) is 22.4 Å². The molecule has 3 aromatic rings. The Morgan fingerprint density at radius 3 is 2.31 bits per heavy atom. The Labute approximate surface area is 202 Å². The molecule has 2 amide bonds. The quantitative estimate of drug-likeness (QED) is 0.420. The van der Waals surface area contributed by atoms with Crippen molar-refractivity contribution in [2.75, 3.05) is 18.5 Å². The topological polar surface area (TPSA) is 114 Å². The zero-order valence-corrected chi connectivity index (χ0v) is 19.4. The number of hydrogen-bond donors (Lipinski definition) is 3. The smallest absolute Gasteiger partial charge is 0.252 e. The summed E-state index contributed by atoms with van der Waals surface area (Å²) in [5.74, 6) is -1.65. The molecule has 1 heterocycles. The monoisotopic (exact) mass is 497 g/mol. The lowest BCUT2D eigenvalue weighted by Gasteiger charge is -2.26. The van der Waals surface area contributed by atoms with Gasteiger partial charge >= 0.3 is 0 Å². The van der Waals surface area contributed by atoms with Crippen LogP contribution >= 0.6 is 0 Å². The summed E-state index contributed by atoms with van der Waals surface area (Å²) >= 11 is 0. The molecule has 1 aliphatic heterocycles. The van der Waals surface area contributed by atoms with E-state index in [1.165, 1.54) is 42.5 Å². The summed E-state index contributed by atoms with van der Waals surface area (Å²) in [4.78, 5) is 25.8. The number of carbonyl (C=O) groups excluding carboxylic acids is 2. The highest BCUT2D eigenvalue weighted by Crippen LogP contribution is 2.17. The van der Waals surface area contributed by atoms with Crippen LogP contribution in [0.2, 0.25) is 0 Å². The van der Waals surface area contributed by atoms with Crippen LogP contribution in [0.5, 0.6) is 0 Å². The second-order valence-electron chi connectivity index (χ2n) is 8.10. The van der Waals surface area contributed by atoms with E-state index in [0.29, 0.717) is 18.9 Å². The van der Waals surface area contributed by atoms with Crippen molar-refractivity contribution in [2.45, 2.75) is 23.4 Å². The van der Waals surface area contributed by atoms with Crippen LogP contribution in [0.15, 0.2) is 83.8 Å². The van der Waals surface area contributed by atoms with Gasteiger partial charge in [-0.05, 0) is 48.0 Å². The second kappa shape index (κ2) is 10.8. The van der Waals surface area contributed by atoms with Gasteiger partial charge in [-0.15, -0.1) is 0 Å². The molecule has 8 nitrogen and oxygen atoms in total. The summed E-state index contributed by atoms with van der Waals surface area (Å²) in [6, 6.07) is 18.8. The van der Waals surface area contributed by atoms with E-state index in [2.05, 4.69) is 15.4 Å². The van der Waals surface area contributed by atoms with Crippen molar-refractivity contribution in [3.63, 3.8) is 0 Å². The van der Waals surface area contributed by atoms with Crippen LogP contribution < -0.4 is 15.4 Å². The van der Waals surface area contributed by atoms with Crippen molar-refractivity contribution in [2.24, 2.45) is 0 Å². The number of hydrogen-bond acceptors (Lipinski definition) is 5. The number of carbonyl (C=O) groups is 2. The van der Waals surface area contributed by atoms with Crippen molar-refractivity contribution < 1.29 is 27.1 Å². The summed E-state index contributed by atoms with van der Waals surface area (Å²) in [5.41, 5.74) is 1.27. The summed E-state index contributed by atoms with van der Waals surface area (Å²) < 4.78 is 45.9. The first-order valence-electron chi connectivity index (χ1n) is 10.9. The molecule has 3 N–H and O–H groups in total. The van der Waals surface area contributed by atoms with Gasteiger partial charge in [0.05, 0.1) is 24.2 Å². The Hall–Kier alpha value is -3.60. The van der Waals surface area contributed by atoms with E-state index in [-0.39, 0.29) is 22.9 Å². The molecular formula is C25H24FN3O5S. The van der Waals surface area contributed by atoms with Crippen LogP contribution in [0.3, 0.4) is 0 Å². The van der Waals surface area contributed by atoms with Gasteiger partial charge in [-0.1, -0.05) is 36.4 Å². The van der Waals surface area contributed by atoms with Gasteiger partial charge in [0, 0.05) is 17.7 Å². The first-order valence-corrected chi connectivity index (χ1v) is 12.4. The molecule has 1 aliphatic rings. The SMILES string of the molecule is O=C(NC(Cc1ccccc1)C(=O)Nc1ccc(S(=O)(=O)NC2COC2)cc1)c1cccc(F)c1. The summed E-state index contributed by atoms with van der Waals surface area (Å²) in [7, 11) is -3.70. The Morgan fingerprint density at radius 2 is 1.69 bits per heavy atom. The zero-order valence-electron chi connectivity index (χ0n) is 18.6. The largest absolute Gasteiger partial charge is 0.378 e. The highest BCUT2D eigenvalue weighted by molar-refractivity contribution is 7.89. The Morgan fingerprint density at radius 1 is 0.971 bits per heavy atom.